The van der Waals surface area contributed by atoms with Crippen molar-refractivity contribution in [2.45, 2.75) is 19.4 Å². The van der Waals surface area contributed by atoms with E-state index in [0.717, 1.165) is 30.6 Å². The van der Waals surface area contributed by atoms with Crippen molar-refractivity contribution in [1.29, 1.82) is 0 Å². The Morgan fingerprint density at radius 3 is 3.17 bits per heavy atom. The SMILES string of the molecule is Fc1cccc2c1COCCC2. The summed E-state index contributed by atoms with van der Waals surface area (Å²) >= 11 is 0. The molecule has 1 aliphatic heterocycles. The lowest BCUT2D eigenvalue weighted by Gasteiger charge is -2.04. The van der Waals surface area contributed by atoms with Crippen molar-refractivity contribution in [2.24, 2.45) is 0 Å². The van der Waals surface area contributed by atoms with E-state index >= 15 is 0 Å². The molecule has 64 valence electrons. The molecule has 0 aromatic heterocycles. The predicted molar refractivity (Wildman–Crippen MR) is 44.4 cm³/mol. The minimum atomic E-state index is -0.130. The molecule has 0 saturated carbocycles. The van der Waals surface area contributed by atoms with E-state index in [1.165, 1.54) is 6.07 Å². The van der Waals surface area contributed by atoms with Gasteiger partial charge in [-0.2, -0.15) is 0 Å². The van der Waals surface area contributed by atoms with Crippen LogP contribution in [-0.4, -0.2) is 6.61 Å². The first kappa shape index (κ1) is 7.74. The van der Waals surface area contributed by atoms with Crippen LogP contribution in [0.25, 0.3) is 0 Å². The van der Waals surface area contributed by atoms with E-state index in [2.05, 4.69) is 0 Å². The standard InChI is InChI=1S/C10H11FO/c11-10-5-1-3-8-4-2-6-12-7-9(8)10/h1,3,5H,2,4,6-7H2. The van der Waals surface area contributed by atoms with Gasteiger partial charge in [-0.3, -0.25) is 0 Å². The molecule has 0 radical (unpaired) electrons. The molecule has 0 atom stereocenters. The molecule has 12 heavy (non-hydrogen) atoms. The van der Waals surface area contributed by atoms with E-state index in [1.807, 2.05) is 6.07 Å². The van der Waals surface area contributed by atoms with Crippen LogP contribution >= 0.6 is 0 Å². The molecule has 1 aliphatic rings. The molecule has 1 aromatic carbocycles. The van der Waals surface area contributed by atoms with E-state index in [1.54, 1.807) is 6.07 Å². The third-order valence-electron chi connectivity index (χ3n) is 2.20. The first-order valence-corrected chi connectivity index (χ1v) is 4.22. The van der Waals surface area contributed by atoms with Crippen molar-refractivity contribution < 1.29 is 9.13 Å². The molecule has 0 saturated heterocycles. The van der Waals surface area contributed by atoms with Gasteiger partial charge in [0.2, 0.25) is 0 Å². The minimum absolute atomic E-state index is 0.130. The van der Waals surface area contributed by atoms with E-state index in [0.29, 0.717) is 6.61 Å². The number of aryl methyl sites for hydroxylation is 1. The zero-order valence-corrected chi connectivity index (χ0v) is 6.85. The second-order valence-corrected chi connectivity index (χ2v) is 3.03. The van der Waals surface area contributed by atoms with Crippen molar-refractivity contribution in [3.05, 3.63) is 35.1 Å². The molecular weight excluding hydrogens is 155 g/mol. The zero-order chi connectivity index (χ0) is 8.39. The van der Waals surface area contributed by atoms with Gasteiger partial charge in [0.05, 0.1) is 6.61 Å². The van der Waals surface area contributed by atoms with Crippen LogP contribution < -0.4 is 0 Å². The third kappa shape index (κ3) is 1.34. The summed E-state index contributed by atoms with van der Waals surface area (Å²) in [5, 5.41) is 0. The largest absolute Gasteiger partial charge is 0.377 e. The average molecular weight is 166 g/mol. The van der Waals surface area contributed by atoms with Gasteiger partial charge in [0, 0.05) is 12.2 Å². The van der Waals surface area contributed by atoms with Crippen LogP contribution in [-0.2, 0) is 17.8 Å². The lowest BCUT2D eigenvalue weighted by atomic mass is 10.0. The quantitative estimate of drug-likeness (QED) is 0.574. The number of rotatable bonds is 0. The zero-order valence-electron chi connectivity index (χ0n) is 6.85. The molecule has 0 amide bonds. The maximum Gasteiger partial charge on any atom is 0.128 e. The molecule has 1 aromatic rings. The third-order valence-corrected chi connectivity index (χ3v) is 2.20. The first-order valence-electron chi connectivity index (χ1n) is 4.22. The van der Waals surface area contributed by atoms with Crippen LogP contribution in [0.5, 0.6) is 0 Å². The second kappa shape index (κ2) is 3.23. The van der Waals surface area contributed by atoms with Gasteiger partial charge in [-0.05, 0) is 24.5 Å². The second-order valence-electron chi connectivity index (χ2n) is 3.03. The summed E-state index contributed by atoms with van der Waals surface area (Å²) < 4.78 is 18.4. The molecule has 1 heterocycles. The average Bonchev–Trinajstić information content (AvgIpc) is 2.30. The first-order chi connectivity index (χ1) is 5.88. The number of halogens is 1. The summed E-state index contributed by atoms with van der Waals surface area (Å²) in [6.07, 6.45) is 1.93. The maximum absolute atomic E-state index is 13.2. The van der Waals surface area contributed by atoms with Crippen molar-refractivity contribution in [3.63, 3.8) is 0 Å². The van der Waals surface area contributed by atoms with Crippen molar-refractivity contribution >= 4 is 0 Å². The van der Waals surface area contributed by atoms with E-state index in [4.69, 9.17) is 4.74 Å². The van der Waals surface area contributed by atoms with Crippen LogP contribution in [0, 0.1) is 5.82 Å². The topological polar surface area (TPSA) is 9.23 Å². The highest BCUT2D eigenvalue weighted by Gasteiger charge is 2.10. The summed E-state index contributed by atoms with van der Waals surface area (Å²) in [4.78, 5) is 0. The van der Waals surface area contributed by atoms with Crippen molar-refractivity contribution in [2.75, 3.05) is 6.61 Å². The number of fused-ring (bicyclic) bond motifs is 1. The Morgan fingerprint density at radius 2 is 2.25 bits per heavy atom. The summed E-state index contributed by atoms with van der Waals surface area (Å²) in [5.41, 5.74) is 1.85. The lowest BCUT2D eigenvalue weighted by molar-refractivity contribution is 0.123. The molecule has 2 rings (SSSR count). The van der Waals surface area contributed by atoms with E-state index < -0.39 is 0 Å². The van der Waals surface area contributed by atoms with Gasteiger partial charge in [0.25, 0.3) is 0 Å². The van der Waals surface area contributed by atoms with Crippen LogP contribution in [0.4, 0.5) is 4.39 Å². The minimum Gasteiger partial charge on any atom is -0.377 e. The Morgan fingerprint density at radius 1 is 1.33 bits per heavy atom. The molecule has 2 heteroatoms. The summed E-state index contributed by atoms with van der Waals surface area (Å²) in [5.74, 6) is -0.130. The van der Waals surface area contributed by atoms with E-state index in [9.17, 15) is 4.39 Å². The highest BCUT2D eigenvalue weighted by atomic mass is 19.1. The van der Waals surface area contributed by atoms with Gasteiger partial charge in [-0.15, -0.1) is 0 Å². The Balaban J connectivity index is 2.42. The molecule has 1 nitrogen and oxygen atoms in total. The van der Waals surface area contributed by atoms with Gasteiger partial charge in [-0.25, -0.2) is 4.39 Å². The van der Waals surface area contributed by atoms with Gasteiger partial charge < -0.3 is 4.74 Å². The number of ether oxygens (including phenoxy) is 1. The fourth-order valence-corrected chi connectivity index (χ4v) is 1.54. The monoisotopic (exact) mass is 166 g/mol. The number of hydrogen-bond donors (Lipinski definition) is 0. The predicted octanol–water partition coefficient (Wildman–Crippen LogP) is 2.29. The Kier molecular flexibility index (Phi) is 2.09. The lowest BCUT2D eigenvalue weighted by Crippen LogP contribution is -1.95. The van der Waals surface area contributed by atoms with E-state index in [-0.39, 0.29) is 5.82 Å². The maximum atomic E-state index is 13.2. The summed E-state index contributed by atoms with van der Waals surface area (Å²) in [7, 11) is 0. The highest BCUT2D eigenvalue weighted by molar-refractivity contribution is 5.28. The Hall–Kier alpha value is -0.890. The fraction of sp³-hybridized carbons (Fsp3) is 0.400. The normalized spacial score (nSPS) is 16.8. The number of hydrogen-bond acceptors (Lipinski definition) is 1. The van der Waals surface area contributed by atoms with Gasteiger partial charge >= 0.3 is 0 Å². The van der Waals surface area contributed by atoms with Crippen LogP contribution in [0.3, 0.4) is 0 Å². The fourth-order valence-electron chi connectivity index (χ4n) is 1.54. The number of benzene rings is 1. The Labute approximate surface area is 71.2 Å². The highest BCUT2D eigenvalue weighted by Crippen LogP contribution is 2.19. The molecule has 0 unspecified atom stereocenters. The molecular formula is C10H11FO. The van der Waals surface area contributed by atoms with Crippen molar-refractivity contribution in [3.8, 4) is 0 Å². The molecule has 0 bridgehead atoms. The van der Waals surface area contributed by atoms with Crippen molar-refractivity contribution in [1.82, 2.24) is 0 Å². The Bertz CT molecular complexity index is 283. The van der Waals surface area contributed by atoms with Gasteiger partial charge in [0.15, 0.2) is 0 Å². The van der Waals surface area contributed by atoms with Gasteiger partial charge in [0.1, 0.15) is 5.82 Å². The van der Waals surface area contributed by atoms with Crippen LogP contribution in [0.15, 0.2) is 18.2 Å². The summed E-state index contributed by atoms with van der Waals surface area (Å²) in [6.45, 7) is 1.18. The molecule has 0 N–H and O–H groups in total. The summed E-state index contributed by atoms with van der Waals surface area (Å²) in [6, 6.07) is 5.24. The molecule has 0 spiro atoms. The van der Waals surface area contributed by atoms with Crippen LogP contribution in [0.2, 0.25) is 0 Å². The molecule has 0 aliphatic carbocycles. The van der Waals surface area contributed by atoms with Gasteiger partial charge in [-0.1, -0.05) is 12.1 Å². The van der Waals surface area contributed by atoms with Crippen LogP contribution in [0.1, 0.15) is 17.5 Å². The molecule has 0 fully saturated rings. The smallest absolute Gasteiger partial charge is 0.128 e.